The molecular formula is C58H52N3O2Pt-. The fourth-order valence-electron chi connectivity index (χ4n) is 9.59. The molecule has 2 atom stereocenters. The number of fused-ring (bicyclic) bond motifs is 4. The van der Waals surface area contributed by atoms with Crippen molar-refractivity contribution < 1.29 is 30.9 Å². The second-order valence-electron chi connectivity index (χ2n) is 19.0. The Balaban J connectivity index is 0.00000518. The van der Waals surface area contributed by atoms with E-state index in [1.165, 1.54) is 11.1 Å². The van der Waals surface area contributed by atoms with Crippen molar-refractivity contribution in [2.24, 2.45) is 4.99 Å². The molecule has 0 bridgehead atoms. The van der Waals surface area contributed by atoms with Crippen LogP contribution in [0.25, 0.3) is 44.3 Å². The van der Waals surface area contributed by atoms with Gasteiger partial charge in [-0.1, -0.05) is 176 Å². The van der Waals surface area contributed by atoms with Gasteiger partial charge in [0, 0.05) is 54.8 Å². The Labute approximate surface area is 391 Å². The molecule has 0 saturated heterocycles. The second kappa shape index (κ2) is 16.7. The number of amidine groups is 1. The molecule has 8 aromatic rings. The number of phenols is 1. The van der Waals surface area contributed by atoms with Gasteiger partial charge in [-0.15, -0.1) is 17.2 Å². The van der Waals surface area contributed by atoms with E-state index in [9.17, 15) is 5.11 Å². The van der Waals surface area contributed by atoms with E-state index in [0.29, 0.717) is 17.1 Å². The SMILES string of the molecule is CC(C)c1cc(Oc2ccc3cc(C(C)(C)C)cc(O)c3n2)[c-]c(C2=N[C@@H]3[C@@H](c4ccccc4C3(C)C)N2c2c(-c3ccccc3)cc(-c3ccccc3)cc2-c2ccccc2)c1.[Pt]. The molecule has 0 saturated carbocycles. The fraction of sp³-hybridized carbons (Fsp3) is 0.207. The van der Waals surface area contributed by atoms with Crippen molar-refractivity contribution >= 4 is 22.4 Å². The Hall–Kier alpha value is -6.29. The zero-order valence-corrected chi connectivity index (χ0v) is 39.6. The summed E-state index contributed by atoms with van der Waals surface area (Å²) in [6.45, 7) is 15.5. The van der Waals surface area contributed by atoms with Crippen LogP contribution in [0.2, 0.25) is 0 Å². The van der Waals surface area contributed by atoms with E-state index < -0.39 is 0 Å². The number of pyridine rings is 1. The molecule has 1 aliphatic heterocycles. The van der Waals surface area contributed by atoms with Gasteiger partial charge >= 0.3 is 0 Å². The first-order valence-electron chi connectivity index (χ1n) is 22.1. The summed E-state index contributed by atoms with van der Waals surface area (Å²) in [7, 11) is 0. The molecule has 1 aliphatic carbocycles. The Morgan fingerprint density at radius 3 is 1.89 bits per heavy atom. The zero-order chi connectivity index (χ0) is 43.6. The normalized spacial score (nSPS) is 16.3. The molecule has 10 rings (SSSR count). The molecule has 1 aromatic heterocycles. The second-order valence-corrected chi connectivity index (χ2v) is 19.0. The molecule has 0 spiro atoms. The minimum atomic E-state index is -0.260. The summed E-state index contributed by atoms with van der Waals surface area (Å²) in [5, 5.41) is 12.0. The number of ether oxygens (including phenoxy) is 1. The average Bonchev–Trinajstić information content (AvgIpc) is 3.80. The maximum Gasteiger partial charge on any atom is 0.217 e. The quantitative estimate of drug-likeness (QED) is 0.154. The third kappa shape index (κ3) is 7.64. The summed E-state index contributed by atoms with van der Waals surface area (Å²) in [4.78, 5) is 13.2. The maximum absolute atomic E-state index is 11.2. The van der Waals surface area contributed by atoms with Crippen molar-refractivity contribution in [1.82, 2.24) is 4.98 Å². The summed E-state index contributed by atoms with van der Waals surface area (Å²) in [6.07, 6.45) is 0. The van der Waals surface area contributed by atoms with Crippen molar-refractivity contribution in [1.29, 1.82) is 0 Å². The summed E-state index contributed by atoms with van der Waals surface area (Å²) in [5.41, 5.74) is 13.6. The molecule has 2 heterocycles. The van der Waals surface area contributed by atoms with E-state index >= 15 is 0 Å². The van der Waals surface area contributed by atoms with E-state index in [1.54, 1.807) is 0 Å². The van der Waals surface area contributed by atoms with Gasteiger partial charge in [-0.25, -0.2) is 4.98 Å². The number of benzene rings is 7. The Kier molecular flexibility index (Phi) is 11.2. The van der Waals surface area contributed by atoms with Crippen LogP contribution in [0.5, 0.6) is 17.4 Å². The van der Waals surface area contributed by atoms with Crippen LogP contribution in [0.15, 0.2) is 169 Å². The standard InChI is InChI=1S/C58H52N3O2.Pt/c1-36(2)41-29-43(32-45(31-41)63-51-28-27-40-30-44(57(3,4)5)35-50(62)52(40)59-51)56-60-55-54(46-25-17-18-26-49(46)58(55,6)7)61(56)53-47(38-21-13-9-14-22-38)33-42(37-19-11-8-12-20-37)34-48(53)39-23-15-10-16-24-39;/h8-31,33-36,54-55,62H,1-7H3;/q-1;/t54-,55-;/m1./s1. The van der Waals surface area contributed by atoms with Crippen molar-refractivity contribution in [2.45, 2.75) is 77.3 Å². The zero-order valence-electron chi connectivity index (χ0n) is 37.3. The summed E-state index contributed by atoms with van der Waals surface area (Å²) < 4.78 is 6.66. The molecule has 7 aromatic carbocycles. The van der Waals surface area contributed by atoms with Crippen LogP contribution >= 0.6 is 0 Å². The predicted octanol–water partition coefficient (Wildman–Crippen LogP) is 14.6. The van der Waals surface area contributed by atoms with Gasteiger partial charge in [-0.2, -0.15) is 0 Å². The van der Waals surface area contributed by atoms with Crippen LogP contribution in [0, 0.1) is 6.07 Å². The Bertz CT molecular complexity index is 2990. The maximum atomic E-state index is 11.2. The van der Waals surface area contributed by atoms with Crippen LogP contribution in [-0.4, -0.2) is 22.0 Å². The monoisotopic (exact) mass is 1020 g/mol. The fourth-order valence-corrected chi connectivity index (χ4v) is 9.59. The Morgan fingerprint density at radius 1 is 0.688 bits per heavy atom. The minimum absolute atomic E-state index is 0. The van der Waals surface area contributed by atoms with Crippen LogP contribution in [0.4, 0.5) is 5.69 Å². The molecular weight excluding hydrogens is 966 g/mol. The summed E-state index contributed by atoms with van der Waals surface area (Å²) in [6, 6.07) is 61.4. The van der Waals surface area contributed by atoms with E-state index in [4.69, 9.17) is 14.7 Å². The third-order valence-electron chi connectivity index (χ3n) is 13.0. The largest absolute Gasteiger partial charge is 0.506 e. The number of aromatic nitrogens is 1. The molecule has 1 N–H and O–H groups in total. The third-order valence-corrected chi connectivity index (χ3v) is 13.0. The number of aliphatic imine (C=N–C) groups is 1. The van der Waals surface area contributed by atoms with Gasteiger partial charge in [0.05, 0.1) is 23.6 Å². The molecule has 5 nitrogen and oxygen atoms in total. The van der Waals surface area contributed by atoms with Crippen molar-refractivity contribution in [2.75, 3.05) is 4.90 Å². The molecule has 2 aliphatic rings. The van der Waals surface area contributed by atoms with E-state index in [0.717, 1.165) is 67.0 Å². The van der Waals surface area contributed by atoms with Gasteiger partial charge < -0.3 is 19.7 Å². The van der Waals surface area contributed by atoms with E-state index in [1.807, 2.05) is 18.2 Å². The van der Waals surface area contributed by atoms with Gasteiger partial charge in [0.25, 0.3) is 0 Å². The number of anilines is 1. The summed E-state index contributed by atoms with van der Waals surface area (Å²) in [5.74, 6) is 2.09. The molecule has 6 heteroatoms. The molecule has 0 fully saturated rings. The van der Waals surface area contributed by atoms with Gasteiger partial charge in [0.1, 0.15) is 11.3 Å². The number of hydrogen-bond acceptors (Lipinski definition) is 5. The van der Waals surface area contributed by atoms with Gasteiger partial charge in [0.15, 0.2) is 0 Å². The van der Waals surface area contributed by atoms with Crippen LogP contribution in [-0.2, 0) is 31.9 Å². The number of phenolic OH excluding ortho intramolecular Hbond substituents is 1. The van der Waals surface area contributed by atoms with Crippen molar-refractivity contribution in [3.05, 3.63) is 198 Å². The predicted molar refractivity (Wildman–Crippen MR) is 259 cm³/mol. The molecule has 0 radical (unpaired) electrons. The minimum Gasteiger partial charge on any atom is -0.506 e. The number of hydrogen-bond donors (Lipinski definition) is 1. The van der Waals surface area contributed by atoms with Crippen LogP contribution in [0.3, 0.4) is 0 Å². The first-order valence-corrected chi connectivity index (χ1v) is 22.1. The van der Waals surface area contributed by atoms with Gasteiger partial charge in [0.2, 0.25) is 5.88 Å². The van der Waals surface area contributed by atoms with E-state index in [-0.39, 0.29) is 55.6 Å². The van der Waals surface area contributed by atoms with Crippen LogP contribution in [0.1, 0.15) is 88.2 Å². The number of aromatic hydroxyl groups is 1. The molecule has 0 unspecified atom stereocenters. The van der Waals surface area contributed by atoms with Crippen molar-refractivity contribution in [3.8, 4) is 50.8 Å². The Morgan fingerprint density at radius 2 is 1.28 bits per heavy atom. The first kappa shape index (κ1) is 43.0. The van der Waals surface area contributed by atoms with Crippen molar-refractivity contribution in [3.63, 3.8) is 0 Å². The molecule has 0 amide bonds. The van der Waals surface area contributed by atoms with E-state index in [2.05, 4.69) is 205 Å². The molecule has 64 heavy (non-hydrogen) atoms. The number of nitrogens with zero attached hydrogens (tertiary/aromatic N) is 3. The topological polar surface area (TPSA) is 58.0 Å². The van der Waals surface area contributed by atoms with Gasteiger partial charge in [-0.05, 0) is 80.6 Å². The first-order chi connectivity index (χ1) is 30.3. The van der Waals surface area contributed by atoms with Gasteiger partial charge in [-0.3, -0.25) is 0 Å². The molecule has 322 valence electrons. The smallest absolute Gasteiger partial charge is 0.217 e. The summed E-state index contributed by atoms with van der Waals surface area (Å²) >= 11 is 0. The average molecular weight is 1020 g/mol. The number of rotatable bonds is 8. The van der Waals surface area contributed by atoms with Crippen LogP contribution < -0.4 is 9.64 Å².